The van der Waals surface area contributed by atoms with Gasteiger partial charge in [-0.3, -0.25) is 4.79 Å². The van der Waals surface area contributed by atoms with Crippen molar-refractivity contribution in [2.24, 2.45) is 50.2 Å². The number of allylic oxidation sites excluding steroid dienone is 1. The summed E-state index contributed by atoms with van der Waals surface area (Å²) in [4.78, 5) is 13.5. The minimum atomic E-state index is -0.813. The van der Waals surface area contributed by atoms with Gasteiger partial charge in [0.05, 0.1) is 17.6 Å². The highest BCUT2D eigenvalue weighted by Gasteiger charge is 2.72. The number of carboxylic acid groups (broad SMARTS) is 1. The molecule has 0 heterocycles. The molecule has 5 aliphatic rings. The van der Waals surface area contributed by atoms with Gasteiger partial charge in [0, 0.05) is 0 Å². The molecule has 9 atom stereocenters. The van der Waals surface area contributed by atoms with Gasteiger partial charge in [-0.15, -0.1) is 0 Å². The molecule has 4 heteroatoms. The molecule has 4 nitrogen and oxygen atoms in total. The zero-order valence-corrected chi connectivity index (χ0v) is 22.6. The zero-order chi connectivity index (χ0) is 25.1. The van der Waals surface area contributed by atoms with Crippen molar-refractivity contribution in [1.82, 2.24) is 0 Å². The first-order valence-corrected chi connectivity index (χ1v) is 13.9. The minimum absolute atomic E-state index is 0.0268. The van der Waals surface area contributed by atoms with Crippen molar-refractivity contribution in [2.45, 2.75) is 118 Å². The van der Waals surface area contributed by atoms with E-state index in [0.29, 0.717) is 18.3 Å². The SMILES string of the molecule is CC1(C)C[C@H]2C3=CC[C@@H]4[C@@]5(C)CC[C@H](O)C(C)(C)[C@@H]5CC[C@@]4(C)[C@]3(C(=O)O)CC[C@@]2(C)C[C@H]1O. The second-order valence-electron chi connectivity index (χ2n) is 15.2. The summed E-state index contributed by atoms with van der Waals surface area (Å²) in [5.74, 6) is 0.343. The molecular weight excluding hydrogens is 424 g/mol. The third-order valence-corrected chi connectivity index (χ3v) is 13.0. The Morgan fingerprint density at radius 1 is 0.853 bits per heavy atom. The predicted octanol–water partition coefficient (Wildman–Crippen LogP) is 6.20. The third kappa shape index (κ3) is 2.82. The Balaban J connectivity index is 1.64. The van der Waals surface area contributed by atoms with Crippen molar-refractivity contribution in [3.05, 3.63) is 11.6 Å². The molecule has 4 fully saturated rings. The van der Waals surface area contributed by atoms with Gasteiger partial charge in [0.15, 0.2) is 0 Å². The van der Waals surface area contributed by atoms with Gasteiger partial charge < -0.3 is 15.3 Å². The number of aliphatic carboxylic acids is 1. The summed E-state index contributed by atoms with van der Waals surface area (Å²) in [6, 6.07) is 0. The molecule has 4 saturated carbocycles. The Bertz CT molecular complexity index is 919. The van der Waals surface area contributed by atoms with E-state index >= 15 is 0 Å². The van der Waals surface area contributed by atoms with Crippen LogP contribution in [0.5, 0.6) is 0 Å². The Hall–Kier alpha value is -0.870. The van der Waals surface area contributed by atoms with E-state index in [1.165, 1.54) is 5.57 Å². The highest BCUT2D eigenvalue weighted by molar-refractivity contribution is 5.81. The lowest BCUT2D eigenvalue weighted by Gasteiger charge is -2.70. The van der Waals surface area contributed by atoms with E-state index in [4.69, 9.17) is 0 Å². The molecule has 0 bridgehead atoms. The van der Waals surface area contributed by atoms with E-state index in [2.05, 4.69) is 54.5 Å². The predicted molar refractivity (Wildman–Crippen MR) is 134 cm³/mol. The van der Waals surface area contributed by atoms with Crippen LogP contribution in [0.4, 0.5) is 0 Å². The van der Waals surface area contributed by atoms with Crippen LogP contribution in [0.15, 0.2) is 11.6 Å². The Morgan fingerprint density at radius 2 is 1.53 bits per heavy atom. The third-order valence-electron chi connectivity index (χ3n) is 13.0. The maximum Gasteiger partial charge on any atom is 0.314 e. The topological polar surface area (TPSA) is 77.8 Å². The lowest BCUT2D eigenvalue weighted by atomic mass is 9.33. The fourth-order valence-electron chi connectivity index (χ4n) is 10.7. The van der Waals surface area contributed by atoms with E-state index in [1.807, 2.05) is 0 Å². The molecule has 192 valence electrons. The van der Waals surface area contributed by atoms with Crippen LogP contribution < -0.4 is 0 Å². The fourth-order valence-corrected chi connectivity index (χ4v) is 10.7. The van der Waals surface area contributed by atoms with Gasteiger partial charge in [-0.1, -0.05) is 60.1 Å². The molecule has 0 unspecified atom stereocenters. The fraction of sp³-hybridized carbons (Fsp3) is 0.900. The van der Waals surface area contributed by atoms with Crippen molar-refractivity contribution in [3.8, 4) is 0 Å². The number of aliphatic hydroxyl groups excluding tert-OH is 2. The summed E-state index contributed by atoms with van der Waals surface area (Å²) in [5, 5.41) is 32.9. The highest BCUT2D eigenvalue weighted by Crippen LogP contribution is 2.75. The Kier molecular flexibility index (Phi) is 5.20. The quantitative estimate of drug-likeness (QED) is 0.397. The molecule has 0 radical (unpaired) electrons. The molecule has 0 aliphatic heterocycles. The molecule has 0 aromatic rings. The van der Waals surface area contributed by atoms with E-state index in [1.54, 1.807) is 0 Å². The van der Waals surface area contributed by atoms with Crippen LogP contribution in [0.25, 0.3) is 0 Å². The molecule has 0 aromatic heterocycles. The van der Waals surface area contributed by atoms with Crippen LogP contribution in [0, 0.1) is 50.2 Å². The summed E-state index contributed by atoms with van der Waals surface area (Å²) in [7, 11) is 0. The zero-order valence-electron chi connectivity index (χ0n) is 22.6. The number of rotatable bonds is 1. The first kappa shape index (κ1) is 24.8. The van der Waals surface area contributed by atoms with Crippen LogP contribution in [-0.2, 0) is 4.79 Å². The molecule has 5 aliphatic carbocycles. The van der Waals surface area contributed by atoms with E-state index < -0.39 is 11.4 Å². The average Bonchev–Trinajstić information content (AvgIpc) is 2.72. The van der Waals surface area contributed by atoms with Crippen molar-refractivity contribution in [3.63, 3.8) is 0 Å². The van der Waals surface area contributed by atoms with Crippen LogP contribution in [0.3, 0.4) is 0 Å². The lowest BCUT2D eigenvalue weighted by Crippen LogP contribution is -2.67. The number of hydrogen-bond acceptors (Lipinski definition) is 3. The first-order chi connectivity index (χ1) is 15.6. The molecule has 0 aromatic carbocycles. The summed E-state index contributed by atoms with van der Waals surface area (Å²) in [6.45, 7) is 15.8. The molecule has 0 spiro atoms. The standard InChI is InChI=1S/C30H48O4/c1-25(2)16-19-18-8-9-21-28(6)12-11-22(31)26(3,4)20(28)10-13-29(21,7)30(18,24(33)34)15-14-27(19,5)17-23(25)32/h8,19-23,31-32H,9-17H2,1-7H3,(H,33,34)/t19-,20-,21+,22-,23+,27-,28-,29+,30+/m0/s1. The number of fused-ring (bicyclic) bond motifs is 7. The van der Waals surface area contributed by atoms with Crippen molar-refractivity contribution in [2.75, 3.05) is 0 Å². The summed E-state index contributed by atoms with van der Waals surface area (Å²) < 4.78 is 0. The van der Waals surface area contributed by atoms with Gasteiger partial charge in [0.25, 0.3) is 0 Å². The van der Waals surface area contributed by atoms with Crippen LogP contribution in [0.1, 0.15) is 106 Å². The Labute approximate surface area is 206 Å². The van der Waals surface area contributed by atoms with Gasteiger partial charge in [0.1, 0.15) is 0 Å². The maximum atomic E-state index is 13.5. The second-order valence-corrected chi connectivity index (χ2v) is 15.2. The van der Waals surface area contributed by atoms with E-state index in [-0.39, 0.29) is 45.2 Å². The monoisotopic (exact) mass is 472 g/mol. The molecular formula is C30H48O4. The van der Waals surface area contributed by atoms with E-state index in [9.17, 15) is 20.1 Å². The summed E-state index contributed by atoms with van der Waals surface area (Å²) >= 11 is 0. The van der Waals surface area contributed by atoms with Gasteiger partial charge >= 0.3 is 5.97 Å². The minimum Gasteiger partial charge on any atom is -0.481 e. The first-order valence-electron chi connectivity index (χ1n) is 13.9. The molecule has 3 N–H and O–H groups in total. The van der Waals surface area contributed by atoms with Crippen molar-refractivity contribution in [1.29, 1.82) is 0 Å². The number of aliphatic hydroxyl groups is 2. The summed E-state index contributed by atoms with van der Waals surface area (Å²) in [5.41, 5.74) is -0.212. The van der Waals surface area contributed by atoms with Crippen LogP contribution in [-0.4, -0.2) is 33.5 Å². The number of carbonyl (C=O) groups is 1. The van der Waals surface area contributed by atoms with Crippen LogP contribution >= 0.6 is 0 Å². The average molecular weight is 473 g/mol. The Morgan fingerprint density at radius 3 is 2.18 bits per heavy atom. The molecule has 34 heavy (non-hydrogen) atoms. The lowest BCUT2D eigenvalue weighted by molar-refractivity contribution is -0.215. The largest absolute Gasteiger partial charge is 0.481 e. The van der Waals surface area contributed by atoms with Gasteiger partial charge in [-0.2, -0.15) is 0 Å². The number of hydrogen-bond donors (Lipinski definition) is 3. The van der Waals surface area contributed by atoms with Crippen molar-refractivity contribution < 1.29 is 20.1 Å². The second kappa shape index (κ2) is 7.12. The maximum absolute atomic E-state index is 13.5. The van der Waals surface area contributed by atoms with Gasteiger partial charge in [-0.25, -0.2) is 0 Å². The molecule has 5 rings (SSSR count). The number of carboxylic acids is 1. The van der Waals surface area contributed by atoms with Crippen LogP contribution in [0.2, 0.25) is 0 Å². The smallest absolute Gasteiger partial charge is 0.314 e. The van der Waals surface area contributed by atoms with E-state index in [0.717, 1.165) is 51.4 Å². The van der Waals surface area contributed by atoms with Gasteiger partial charge in [0.2, 0.25) is 0 Å². The summed E-state index contributed by atoms with van der Waals surface area (Å²) in [6.07, 6.45) is 9.66. The molecule has 0 saturated heterocycles. The molecule has 0 amide bonds. The van der Waals surface area contributed by atoms with Crippen molar-refractivity contribution >= 4 is 5.97 Å². The normalized spacial score (nSPS) is 53.4. The highest BCUT2D eigenvalue weighted by atomic mass is 16.4. The van der Waals surface area contributed by atoms with Gasteiger partial charge in [-0.05, 0) is 103 Å².